The summed E-state index contributed by atoms with van der Waals surface area (Å²) in [4.78, 5) is 20.4. The van der Waals surface area contributed by atoms with Crippen LogP contribution in [0.1, 0.15) is 24.6 Å². The maximum Gasteiger partial charge on any atom is 0.330 e. The zero-order valence-corrected chi connectivity index (χ0v) is 10.8. The fraction of sp³-hybridized carbons (Fsp3) is 0.333. The fourth-order valence-corrected chi connectivity index (χ4v) is 2.83. The Balaban J connectivity index is 2.85. The second-order valence-electron chi connectivity index (χ2n) is 4.00. The van der Waals surface area contributed by atoms with Gasteiger partial charge in [-0.15, -0.1) is 11.3 Å². The molecule has 0 spiro atoms. The summed E-state index contributed by atoms with van der Waals surface area (Å²) in [6, 6.07) is 1.90. The normalized spacial score (nSPS) is 14.1. The number of aliphatic carboxylic acids is 1. The van der Waals surface area contributed by atoms with Crippen LogP contribution in [0.4, 0.5) is 0 Å². The fourth-order valence-electron chi connectivity index (χ4n) is 1.94. The van der Waals surface area contributed by atoms with Crippen molar-refractivity contribution in [1.82, 2.24) is 9.97 Å². The van der Waals surface area contributed by atoms with Crippen LogP contribution in [0.15, 0.2) is 11.7 Å². The number of carboxylic acids is 1. The van der Waals surface area contributed by atoms with Crippen LogP contribution in [-0.2, 0) is 10.2 Å². The van der Waals surface area contributed by atoms with Crippen LogP contribution >= 0.6 is 11.3 Å². The van der Waals surface area contributed by atoms with Crippen LogP contribution in [0.3, 0.4) is 0 Å². The van der Waals surface area contributed by atoms with E-state index in [9.17, 15) is 15.2 Å². The maximum absolute atomic E-state index is 11.5. The van der Waals surface area contributed by atoms with Crippen molar-refractivity contribution in [3.05, 3.63) is 23.0 Å². The van der Waals surface area contributed by atoms with Gasteiger partial charge in [0, 0.05) is 5.39 Å². The monoisotopic (exact) mass is 261 g/mol. The first-order chi connectivity index (χ1) is 8.56. The van der Waals surface area contributed by atoms with Gasteiger partial charge in [0.2, 0.25) is 0 Å². The number of nitrogens with zero attached hydrogens (tertiary/aromatic N) is 3. The van der Waals surface area contributed by atoms with E-state index in [-0.39, 0.29) is 6.42 Å². The number of thiophene rings is 1. The molecule has 0 aromatic carbocycles. The molecule has 92 valence electrons. The van der Waals surface area contributed by atoms with Crippen molar-refractivity contribution in [2.75, 3.05) is 0 Å². The first-order valence-electron chi connectivity index (χ1n) is 5.40. The molecule has 0 aliphatic heterocycles. The van der Waals surface area contributed by atoms with Crippen LogP contribution in [0.25, 0.3) is 10.2 Å². The molecule has 1 N–H and O–H groups in total. The molecule has 0 saturated heterocycles. The van der Waals surface area contributed by atoms with Crippen molar-refractivity contribution >= 4 is 27.5 Å². The molecule has 6 heteroatoms. The van der Waals surface area contributed by atoms with Crippen molar-refractivity contribution in [2.45, 2.75) is 25.7 Å². The van der Waals surface area contributed by atoms with Gasteiger partial charge in [0.25, 0.3) is 0 Å². The Labute approximate surface area is 108 Å². The molecule has 2 heterocycles. The van der Waals surface area contributed by atoms with Crippen LogP contribution in [0.2, 0.25) is 0 Å². The minimum atomic E-state index is -1.60. The number of rotatable bonds is 3. The minimum absolute atomic E-state index is 0.167. The number of aromatic nitrogens is 2. The van der Waals surface area contributed by atoms with Gasteiger partial charge in [-0.3, -0.25) is 4.79 Å². The van der Waals surface area contributed by atoms with E-state index in [0.717, 1.165) is 5.56 Å². The van der Waals surface area contributed by atoms with Gasteiger partial charge >= 0.3 is 5.97 Å². The van der Waals surface area contributed by atoms with Crippen molar-refractivity contribution in [3.63, 3.8) is 0 Å². The van der Waals surface area contributed by atoms with Gasteiger partial charge < -0.3 is 5.11 Å². The Morgan fingerprint density at radius 1 is 1.61 bits per heavy atom. The number of carbonyl (C=O) groups is 1. The number of nitriles is 1. The summed E-state index contributed by atoms with van der Waals surface area (Å²) in [5.74, 6) is -1.17. The van der Waals surface area contributed by atoms with Gasteiger partial charge in [0.05, 0.1) is 11.8 Å². The molecule has 2 rings (SSSR count). The van der Waals surface area contributed by atoms with E-state index in [0.29, 0.717) is 15.9 Å². The second-order valence-corrected chi connectivity index (χ2v) is 4.86. The van der Waals surface area contributed by atoms with Crippen molar-refractivity contribution in [1.29, 1.82) is 5.26 Å². The maximum atomic E-state index is 11.5. The molecule has 0 fully saturated rings. The molecular formula is C12H11N3O2S. The largest absolute Gasteiger partial charge is 0.480 e. The van der Waals surface area contributed by atoms with Gasteiger partial charge in [-0.2, -0.15) is 5.26 Å². The lowest BCUT2D eigenvalue weighted by Gasteiger charge is -2.20. The molecule has 0 aliphatic carbocycles. The molecule has 1 unspecified atom stereocenters. The minimum Gasteiger partial charge on any atom is -0.480 e. The van der Waals surface area contributed by atoms with Gasteiger partial charge in [0.1, 0.15) is 11.2 Å². The SMILES string of the molecule is CCC(C#N)(C(=O)O)c1ncnc2scc(C)c12. The predicted octanol–water partition coefficient (Wildman–Crippen LogP) is 2.26. The van der Waals surface area contributed by atoms with E-state index >= 15 is 0 Å². The Hall–Kier alpha value is -2.00. The van der Waals surface area contributed by atoms with Crippen LogP contribution in [-0.4, -0.2) is 21.0 Å². The third kappa shape index (κ3) is 1.56. The molecule has 0 saturated carbocycles. The zero-order valence-electron chi connectivity index (χ0n) is 9.97. The highest BCUT2D eigenvalue weighted by molar-refractivity contribution is 7.16. The van der Waals surface area contributed by atoms with E-state index in [1.54, 1.807) is 6.92 Å². The quantitative estimate of drug-likeness (QED) is 0.915. The van der Waals surface area contributed by atoms with E-state index in [1.807, 2.05) is 18.4 Å². The first-order valence-corrected chi connectivity index (χ1v) is 6.28. The number of hydrogen-bond donors (Lipinski definition) is 1. The summed E-state index contributed by atoms with van der Waals surface area (Å²) >= 11 is 1.42. The average molecular weight is 261 g/mol. The third-order valence-electron chi connectivity index (χ3n) is 3.04. The summed E-state index contributed by atoms with van der Waals surface area (Å²) in [6.07, 6.45) is 1.48. The highest BCUT2D eigenvalue weighted by Gasteiger charge is 2.42. The zero-order chi connectivity index (χ0) is 13.3. The molecule has 0 aliphatic rings. The molecule has 1 atom stereocenters. The summed E-state index contributed by atoms with van der Waals surface area (Å²) in [6.45, 7) is 3.54. The molecule has 5 nitrogen and oxygen atoms in total. The highest BCUT2D eigenvalue weighted by Crippen LogP contribution is 2.35. The number of fused-ring (bicyclic) bond motifs is 1. The smallest absolute Gasteiger partial charge is 0.330 e. The lowest BCUT2D eigenvalue weighted by molar-refractivity contribution is -0.141. The van der Waals surface area contributed by atoms with Gasteiger partial charge in [0.15, 0.2) is 5.41 Å². The summed E-state index contributed by atoms with van der Waals surface area (Å²) in [7, 11) is 0. The third-order valence-corrected chi connectivity index (χ3v) is 4.05. The number of aryl methyl sites for hydroxylation is 1. The Morgan fingerprint density at radius 2 is 2.33 bits per heavy atom. The van der Waals surface area contributed by atoms with E-state index in [1.165, 1.54) is 17.7 Å². The molecule has 2 aromatic heterocycles. The molecule has 0 bridgehead atoms. The Bertz CT molecular complexity index is 659. The number of carboxylic acid groups (broad SMARTS) is 1. The van der Waals surface area contributed by atoms with Crippen molar-refractivity contribution < 1.29 is 9.90 Å². The Morgan fingerprint density at radius 3 is 2.89 bits per heavy atom. The van der Waals surface area contributed by atoms with E-state index < -0.39 is 11.4 Å². The Kier molecular flexibility index (Phi) is 3.01. The standard InChI is InChI=1S/C12H11N3O2S/c1-3-12(5-13,11(16)17)9-8-7(2)4-18-10(8)15-6-14-9/h4,6H,3H2,1-2H3,(H,16,17). The summed E-state index contributed by atoms with van der Waals surface area (Å²) in [5.41, 5.74) is -0.406. The predicted molar refractivity (Wildman–Crippen MR) is 67.4 cm³/mol. The second kappa shape index (κ2) is 4.35. The van der Waals surface area contributed by atoms with Gasteiger partial charge in [-0.05, 0) is 24.3 Å². The van der Waals surface area contributed by atoms with Crippen molar-refractivity contribution in [2.24, 2.45) is 0 Å². The number of hydrogen-bond acceptors (Lipinski definition) is 5. The molecule has 0 amide bonds. The molecule has 2 aromatic rings. The molecule has 18 heavy (non-hydrogen) atoms. The first kappa shape index (κ1) is 12.5. The molecular weight excluding hydrogens is 250 g/mol. The lowest BCUT2D eigenvalue weighted by atomic mass is 9.81. The van der Waals surface area contributed by atoms with Crippen molar-refractivity contribution in [3.8, 4) is 6.07 Å². The summed E-state index contributed by atoms with van der Waals surface area (Å²) in [5, 5.41) is 21.3. The van der Waals surface area contributed by atoms with E-state index in [2.05, 4.69) is 9.97 Å². The van der Waals surface area contributed by atoms with Gasteiger partial charge in [-0.25, -0.2) is 9.97 Å². The molecule has 0 radical (unpaired) electrons. The highest BCUT2D eigenvalue weighted by atomic mass is 32.1. The average Bonchev–Trinajstić information content (AvgIpc) is 2.74. The summed E-state index contributed by atoms with van der Waals surface area (Å²) < 4.78 is 0. The lowest BCUT2D eigenvalue weighted by Crippen LogP contribution is -2.34. The van der Waals surface area contributed by atoms with Gasteiger partial charge in [-0.1, -0.05) is 6.92 Å². The van der Waals surface area contributed by atoms with Crippen LogP contribution in [0, 0.1) is 18.3 Å². The topological polar surface area (TPSA) is 86.9 Å². The van der Waals surface area contributed by atoms with Crippen LogP contribution < -0.4 is 0 Å². The van der Waals surface area contributed by atoms with E-state index in [4.69, 9.17) is 0 Å². The van der Waals surface area contributed by atoms with Crippen LogP contribution in [0.5, 0.6) is 0 Å².